The molecule has 2 nitrogen and oxygen atoms in total. The second-order valence-electron chi connectivity index (χ2n) is 3.74. The second-order valence-corrected chi connectivity index (χ2v) is 3.74. The fraction of sp³-hybridized carbons (Fsp3) is 0.500. The molecule has 4 heteroatoms. The first kappa shape index (κ1) is 12.9. The lowest BCUT2D eigenvalue weighted by atomic mass is 10.2. The molecule has 0 bridgehead atoms. The van der Waals surface area contributed by atoms with E-state index >= 15 is 0 Å². The number of rotatable bonds is 5. The maximum atomic E-state index is 13.3. The summed E-state index contributed by atoms with van der Waals surface area (Å²) < 4.78 is 31.5. The number of hydrogen-bond donors (Lipinski definition) is 1. The lowest BCUT2D eigenvalue weighted by Gasteiger charge is -2.22. The standard InChI is InChI=1S/C12H17F2NO/c1-4-15-8(2)9(3)16-12-7-10(13)5-6-11(12)14/h5-9,15H,4H2,1-3H3. The van der Waals surface area contributed by atoms with Gasteiger partial charge in [0.2, 0.25) is 0 Å². The van der Waals surface area contributed by atoms with Crippen LogP contribution in [0, 0.1) is 11.6 Å². The summed E-state index contributed by atoms with van der Waals surface area (Å²) in [5, 5.41) is 3.16. The van der Waals surface area contributed by atoms with Crippen LogP contribution in [0.3, 0.4) is 0 Å². The van der Waals surface area contributed by atoms with Crippen LogP contribution in [0.2, 0.25) is 0 Å². The smallest absolute Gasteiger partial charge is 0.165 e. The highest BCUT2D eigenvalue weighted by molar-refractivity contribution is 5.25. The summed E-state index contributed by atoms with van der Waals surface area (Å²) >= 11 is 0. The summed E-state index contributed by atoms with van der Waals surface area (Å²) in [6.45, 7) is 6.54. The molecule has 1 rings (SSSR count). The van der Waals surface area contributed by atoms with Gasteiger partial charge in [0.25, 0.3) is 0 Å². The van der Waals surface area contributed by atoms with Crippen LogP contribution in [0.4, 0.5) is 8.78 Å². The van der Waals surface area contributed by atoms with Crippen molar-refractivity contribution >= 4 is 0 Å². The Morgan fingerprint density at radius 1 is 1.31 bits per heavy atom. The Labute approximate surface area is 94.6 Å². The Kier molecular flexibility index (Phi) is 4.68. The fourth-order valence-electron chi connectivity index (χ4n) is 1.36. The number of halogens is 2. The minimum atomic E-state index is -0.544. The molecule has 0 saturated carbocycles. The van der Waals surface area contributed by atoms with E-state index in [0.29, 0.717) is 0 Å². The molecule has 0 heterocycles. The average Bonchev–Trinajstić information content (AvgIpc) is 2.23. The third kappa shape index (κ3) is 3.45. The molecule has 0 aliphatic heterocycles. The molecule has 90 valence electrons. The van der Waals surface area contributed by atoms with Crippen molar-refractivity contribution in [2.24, 2.45) is 0 Å². The zero-order chi connectivity index (χ0) is 12.1. The van der Waals surface area contributed by atoms with E-state index in [1.165, 1.54) is 0 Å². The Balaban J connectivity index is 2.68. The van der Waals surface area contributed by atoms with E-state index in [1.807, 2.05) is 20.8 Å². The molecule has 1 aromatic carbocycles. The van der Waals surface area contributed by atoms with Crippen molar-refractivity contribution in [1.29, 1.82) is 0 Å². The third-order valence-corrected chi connectivity index (χ3v) is 2.44. The monoisotopic (exact) mass is 229 g/mol. The number of hydrogen-bond acceptors (Lipinski definition) is 2. The van der Waals surface area contributed by atoms with Gasteiger partial charge in [-0.25, -0.2) is 8.78 Å². The Hall–Kier alpha value is -1.16. The SMILES string of the molecule is CCNC(C)C(C)Oc1cc(F)ccc1F. The molecule has 0 spiro atoms. The zero-order valence-electron chi connectivity index (χ0n) is 9.76. The highest BCUT2D eigenvalue weighted by Crippen LogP contribution is 2.20. The van der Waals surface area contributed by atoms with Crippen molar-refractivity contribution < 1.29 is 13.5 Å². The number of benzene rings is 1. The van der Waals surface area contributed by atoms with E-state index in [1.54, 1.807) is 0 Å². The van der Waals surface area contributed by atoms with Crippen LogP contribution in [-0.2, 0) is 0 Å². The molecule has 0 aromatic heterocycles. The van der Waals surface area contributed by atoms with Crippen molar-refractivity contribution in [3.8, 4) is 5.75 Å². The van der Waals surface area contributed by atoms with Gasteiger partial charge >= 0.3 is 0 Å². The lowest BCUT2D eigenvalue weighted by molar-refractivity contribution is 0.171. The first-order valence-electron chi connectivity index (χ1n) is 5.39. The molecule has 2 atom stereocenters. The topological polar surface area (TPSA) is 21.3 Å². The van der Waals surface area contributed by atoms with E-state index in [-0.39, 0.29) is 17.9 Å². The molecule has 1 aromatic rings. The molecule has 0 aliphatic rings. The van der Waals surface area contributed by atoms with Gasteiger partial charge in [-0.3, -0.25) is 0 Å². The van der Waals surface area contributed by atoms with Gasteiger partial charge in [0, 0.05) is 12.1 Å². The second kappa shape index (κ2) is 5.80. The molecule has 16 heavy (non-hydrogen) atoms. The van der Waals surface area contributed by atoms with Crippen molar-refractivity contribution in [3.63, 3.8) is 0 Å². The molecular formula is C12H17F2NO. The first-order valence-corrected chi connectivity index (χ1v) is 5.39. The molecule has 1 N–H and O–H groups in total. The lowest BCUT2D eigenvalue weighted by Crippen LogP contribution is -2.38. The van der Waals surface area contributed by atoms with Crippen molar-refractivity contribution in [2.75, 3.05) is 6.54 Å². The summed E-state index contributed by atoms with van der Waals surface area (Å²) in [5.41, 5.74) is 0. The predicted octanol–water partition coefficient (Wildman–Crippen LogP) is 2.73. The molecule has 0 aliphatic carbocycles. The van der Waals surface area contributed by atoms with Gasteiger partial charge in [0.1, 0.15) is 11.9 Å². The maximum absolute atomic E-state index is 13.3. The van der Waals surface area contributed by atoms with Crippen LogP contribution >= 0.6 is 0 Å². The van der Waals surface area contributed by atoms with E-state index < -0.39 is 11.6 Å². The van der Waals surface area contributed by atoms with Crippen LogP contribution < -0.4 is 10.1 Å². The third-order valence-electron chi connectivity index (χ3n) is 2.44. The number of ether oxygens (including phenoxy) is 1. The summed E-state index contributed by atoms with van der Waals surface area (Å²) in [7, 11) is 0. The Morgan fingerprint density at radius 3 is 2.62 bits per heavy atom. The van der Waals surface area contributed by atoms with Crippen LogP contribution in [0.25, 0.3) is 0 Å². The van der Waals surface area contributed by atoms with Gasteiger partial charge in [-0.1, -0.05) is 6.92 Å². The molecule has 0 saturated heterocycles. The van der Waals surface area contributed by atoms with Crippen LogP contribution in [0.1, 0.15) is 20.8 Å². The Bertz CT molecular complexity index is 344. The minimum absolute atomic E-state index is 0.0442. The molecule has 0 radical (unpaired) electrons. The highest BCUT2D eigenvalue weighted by atomic mass is 19.1. The summed E-state index contributed by atoms with van der Waals surface area (Å²) in [6, 6.07) is 3.27. The maximum Gasteiger partial charge on any atom is 0.165 e. The van der Waals surface area contributed by atoms with Gasteiger partial charge in [0.15, 0.2) is 11.6 Å². The highest BCUT2D eigenvalue weighted by Gasteiger charge is 2.15. The number of nitrogens with one attached hydrogen (secondary N) is 1. The molecular weight excluding hydrogens is 212 g/mol. The van der Waals surface area contributed by atoms with E-state index in [4.69, 9.17) is 4.74 Å². The van der Waals surface area contributed by atoms with Gasteiger partial charge in [-0.2, -0.15) is 0 Å². The van der Waals surface area contributed by atoms with Crippen LogP contribution in [0.15, 0.2) is 18.2 Å². The summed E-state index contributed by atoms with van der Waals surface area (Å²) in [4.78, 5) is 0. The van der Waals surface area contributed by atoms with Gasteiger partial charge in [0.05, 0.1) is 0 Å². The predicted molar refractivity (Wildman–Crippen MR) is 59.6 cm³/mol. The minimum Gasteiger partial charge on any atom is -0.486 e. The first-order chi connectivity index (χ1) is 7.54. The molecule has 0 fully saturated rings. The van der Waals surface area contributed by atoms with Crippen molar-refractivity contribution in [2.45, 2.75) is 32.9 Å². The summed E-state index contributed by atoms with van der Waals surface area (Å²) in [5.74, 6) is -1.09. The van der Waals surface area contributed by atoms with Gasteiger partial charge in [-0.15, -0.1) is 0 Å². The quantitative estimate of drug-likeness (QED) is 0.838. The van der Waals surface area contributed by atoms with Crippen molar-refractivity contribution in [3.05, 3.63) is 29.8 Å². The van der Waals surface area contributed by atoms with Crippen molar-refractivity contribution in [1.82, 2.24) is 5.32 Å². The normalized spacial score (nSPS) is 14.6. The summed E-state index contributed by atoms with van der Waals surface area (Å²) in [6.07, 6.45) is -0.226. The fourth-order valence-corrected chi connectivity index (χ4v) is 1.36. The average molecular weight is 229 g/mol. The van der Waals surface area contributed by atoms with Crippen LogP contribution in [0.5, 0.6) is 5.75 Å². The van der Waals surface area contributed by atoms with Crippen LogP contribution in [-0.4, -0.2) is 18.7 Å². The largest absolute Gasteiger partial charge is 0.486 e. The Morgan fingerprint density at radius 2 is 2.00 bits per heavy atom. The van der Waals surface area contributed by atoms with E-state index in [0.717, 1.165) is 24.7 Å². The van der Waals surface area contributed by atoms with Gasteiger partial charge < -0.3 is 10.1 Å². The van der Waals surface area contributed by atoms with Gasteiger partial charge in [-0.05, 0) is 32.5 Å². The number of likely N-dealkylation sites (N-methyl/N-ethyl adjacent to an activating group) is 1. The van der Waals surface area contributed by atoms with E-state index in [9.17, 15) is 8.78 Å². The molecule has 0 amide bonds. The van der Waals surface area contributed by atoms with E-state index in [2.05, 4.69) is 5.32 Å². The molecule has 2 unspecified atom stereocenters. The zero-order valence-corrected chi connectivity index (χ0v) is 9.76.